The molecule has 5 heteroatoms. The first kappa shape index (κ1) is 15.3. The molecule has 0 unspecified atom stereocenters. The van der Waals surface area contributed by atoms with Gasteiger partial charge in [0.1, 0.15) is 11.9 Å². The molecule has 1 aliphatic heterocycles. The summed E-state index contributed by atoms with van der Waals surface area (Å²) in [5, 5.41) is 11.3. The molecule has 0 spiro atoms. The Balaban J connectivity index is 2.03. The molecule has 0 saturated carbocycles. The third-order valence-electron chi connectivity index (χ3n) is 3.74. The van der Waals surface area contributed by atoms with E-state index in [0.717, 1.165) is 16.8 Å². The second kappa shape index (κ2) is 5.54. The molecule has 0 saturated heterocycles. The lowest BCUT2D eigenvalue weighted by Gasteiger charge is -2.34. The highest BCUT2D eigenvalue weighted by Crippen LogP contribution is 2.38. The molecular weight excluding hydrogens is 302 g/mol. The van der Waals surface area contributed by atoms with E-state index in [0.29, 0.717) is 22.9 Å². The van der Waals surface area contributed by atoms with Crippen molar-refractivity contribution in [3.63, 3.8) is 0 Å². The van der Waals surface area contributed by atoms with E-state index in [1.165, 1.54) is 0 Å². The summed E-state index contributed by atoms with van der Waals surface area (Å²) in [6, 6.07) is 7.11. The Bertz CT molecular complexity index is 698. The van der Waals surface area contributed by atoms with Crippen molar-refractivity contribution in [3.8, 4) is 5.75 Å². The summed E-state index contributed by atoms with van der Waals surface area (Å²) in [7, 11) is 0. The molecule has 0 fully saturated rings. The summed E-state index contributed by atoms with van der Waals surface area (Å²) in [4.78, 5) is 4.36. The quantitative estimate of drug-likeness (QED) is 0.915. The number of hydrogen-bond acceptors (Lipinski definition) is 4. The molecule has 3 rings (SSSR count). The maximum atomic E-state index is 10.7. The van der Waals surface area contributed by atoms with Crippen molar-refractivity contribution < 1.29 is 14.6 Å². The number of rotatable bonds is 2. The molecule has 1 aliphatic rings. The monoisotopic (exact) mass is 319 g/mol. The van der Waals surface area contributed by atoms with Gasteiger partial charge in [0.25, 0.3) is 0 Å². The van der Waals surface area contributed by atoms with Gasteiger partial charge in [0, 0.05) is 36.2 Å². The molecule has 0 amide bonds. The highest BCUT2D eigenvalue weighted by Gasteiger charge is 2.32. The summed E-state index contributed by atoms with van der Waals surface area (Å²) in [5.41, 5.74) is 3.08. The molecular formula is C17H18ClNO3. The lowest BCUT2D eigenvalue weighted by Crippen LogP contribution is -2.36. The van der Waals surface area contributed by atoms with Crippen LogP contribution in [-0.2, 0) is 11.3 Å². The zero-order chi connectivity index (χ0) is 15.9. The van der Waals surface area contributed by atoms with Crippen LogP contribution in [0.2, 0.25) is 5.02 Å². The van der Waals surface area contributed by atoms with Crippen LogP contribution in [0.1, 0.15) is 42.3 Å². The van der Waals surface area contributed by atoms with Crippen molar-refractivity contribution in [2.45, 2.75) is 39.3 Å². The summed E-state index contributed by atoms with van der Waals surface area (Å²) in [6.07, 6.45) is 0.880. The van der Waals surface area contributed by atoms with E-state index in [1.54, 1.807) is 30.5 Å². The normalized spacial score (nSPS) is 17.5. The average molecular weight is 320 g/mol. The number of aryl methyl sites for hydroxylation is 1. The molecule has 1 atom stereocenters. The van der Waals surface area contributed by atoms with Crippen molar-refractivity contribution in [1.82, 2.24) is 4.98 Å². The Morgan fingerprint density at radius 2 is 1.95 bits per heavy atom. The minimum atomic E-state index is -0.799. The van der Waals surface area contributed by atoms with Crippen molar-refractivity contribution >= 4 is 11.6 Å². The number of benzene rings is 1. The fourth-order valence-corrected chi connectivity index (χ4v) is 2.64. The largest absolute Gasteiger partial charge is 0.461 e. The fourth-order valence-electron chi connectivity index (χ4n) is 2.52. The van der Waals surface area contributed by atoms with E-state index in [-0.39, 0.29) is 0 Å². The van der Waals surface area contributed by atoms with E-state index >= 15 is 0 Å². The van der Waals surface area contributed by atoms with Crippen LogP contribution in [0.3, 0.4) is 0 Å². The molecule has 116 valence electrons. The molecule has 0 radical (unpaired) electrons. The first-order chi connectivity index (χ1) is 10.4. The number of halogens is 1. The van der Waals surface area contributed by atoms with Gasteiger partial charge in [0.2, 0.25) is 5.79 Å². The summed E-state index contributed by atoms with van der Waals surface area (Å²) >= 11 is 5.90. The first-order valence-electron chi connectivity index (χ1n) is 7.12. The summed E-state index contributed by atoms with van der Waals surface area (Å²) in [5.74, 6) is 0.00489. The maximum Gasteiger partial charge on any atom is 0.205 e. The predicted molar refractivity (Wildman–Crippen MR) is 84.0 cm³/mol. The minimum absolute atomic E-state index is 0.381. The Labute approximate surface area is 134 Å². The minimum Gasteiger partial charge on any atom is -0.461 e. The summed E-state index contributed by atoms with van der Waals surface area (Å²) in [6.45, 7) is 5.99. The zero-order valence-corrected chi connectivity index (χ0v) is 13.5. The molecule has 0 aliphatic carbocycles. The second-order valence-electron chi connectivity index (χ2n) is 5.85. The summed E-state index contributed by atoms with van der Waals surface area (Å²) < 4.78 is 11.6. The lowest BCUT2D eigenvalue weighted by atomic mass is 9.97. The van der Waals surface area contributed by atoms with Gasteiger partial charge in [-0.1, -0.05) is 23.7 Å². The van der Waals surface area contributed by atoms with Gasteiger partial charge < -0.3 is 14.6 Å². The van der Waals surface area contributed by atoms with Gasteiger partial charge in [-0.15, -0.1) is 0 Å². The number of fused-ring (bicyclic) bond motifs is 1. The van der Waals surface area contributed by atoms with Gasteiger partial charge in [-0.3, -0.25) is 4.98 Å². The molecule has 1 aromatic heterocycles. The van der Waals surface area contributed by atoms with Gasteiger partial charge in [-0.2, -0.15) is 0 Å². The number of aromatic nitrogens is 1. The number of nitrogens with zero attached hydrogens (tertiary/aromatic N) is 1. The van der Waals surface area contributed by atoms with E-state index < -0.39 is 11.9 Å². The number of ether oxygens (including phenoxy) is 2. The number of aliphatic hydroxyl groups excluding tert-OH is 1. The molecule has 0 bridgehead atoms. The molecule has 2 aromatic rings. The molecule has 1 N–H and O–H groups in total. The average Bonchev–Trinajstić information content (AvgIpc) is 2.48. The SMILES string of the molecule is Cc1ncc([C@H](O)c2ccc(Cl)cc2)c2c1OC(C)(C)OC2. The van der Waals surface area contributed by atoms with E-state index in [1.807, 2.05) is 20.8 Å². The highest BCUT2D eigenvalue weighted by molar-refractivity contribution is 6.30. The van der Waals surface area contributed by atoms with Crippen molar-refractivity contribution in [1.29, 1.82) is 0 Å². The van der Waals surface area contributed by atoms with Gasteiger partial charge in [-0.25, -0.2) is 0 Å². The smallest absolute Gasteiger partial charge is 0.205 e. The van der Waals surface area contributed by atoms with Crippen LogP contribution in [0.25, 0.3) is 0 Å². The Kier molecular flexibility index (Phi) is 3.85. The Morgan fingerprint density at radius 1 is 1.27 bits per heavy atom. The van der Waals surface area contributed by atoms with Gasteiger partial charge in [0.15, 0.2) is 0 Å². The Morgan fingerprint density at radius 3 is 2.64 bits per heavy atom. The number of aliphatic hydroxyl groups is 1. The standard InChI is InChI=1S/C17H18ClNO3/c1-10-16-14(9-21-17(2,3)22-16)13(8-19-10)15(20)11-4-6-12(18)7-5-11/h4-8,15,20H,9H2,1-3H3/t15-/m1/s1. The van der Waals surface area contributed by atoms with Gasteiger partial charge >= 0.3 is 0 Å². The first-order valence-corrected chi connectivity index (χ1v) is 7.50. The topological polar surface area (TPSA) is 51.6 Å². The molecule has 22 heavy (non-hydrogen) atoms. The fraction of sp³-hybridized carbons (Fsp3) is 0.353. The van der Waals surface area contributed by atoms with Crippen LogP contribution in [-0.4, -0.2) is 15.9 Å². The van der Waals surface area contributed by atoms with Gasteiger partial charge in [-0.05, 0) is 24.6 Å². The van der Waals surface area contributed by atoms with Crippen LogP contribution in [0, 0.1) is 6.92 Å². The third-order valence-corrected chi connectivity index (χ3v) is 3.99. The molecule has 1 aromatic carbocycles. The third kappa shape index (κ3) is 2.82. The maximum absolute atomic E-state index is 10.7. The molecule has 4 nitrogen and oxygen atoms in total. The Hall–Kier alpha value is -1.62. The number of pyridine rings is 1. The van der Waals surface area contributed by atoms with E-state index in [4.69, 9.17) is 21.1 Å². The lowest BCUT2D eigenvalue weighted by molar-refractivity contribution is -0.181. The van der Waals surface area contributed by atoms with Crippen LogP contribution in [0.4, 0.5) is 0 Å². The van der Waals surface area contributed by atoms with Crippen LogP contribution >= 0.6 is 11.6 Å². The van der Waals surface area contributed by atoms with Crippen LogP contribution in [0.15, 0.2) is 30.5 Å². The van der Waals surface area contributed by atoms with Crippen molar-refractivity contribution in [2.24, 2.45) is 0 Å². The van der Waals surface area contributed by atoms with Gasteiger partial charge in [0.05, 0.1) is 12.3 Å². The highest BCUT2D eigenvalue weighted by atomic mass is 35.5. The van der Waals surface area contributed by atoms with Crippen LogP contribution in [0.5, 0.6) is 5.75 Å². The van der Waals surface area contributed by atoms with E-state index in [2.05, 4.69) is 4.98 Å². The second-order valence-corrected chi connectivity index (χ2v) is 6.29. The van der Waals surface area contributed by atoms with Crippen LogP contribution < -0.4 is 4.74 Å². The van der Waals surface area contributed by atoms with Crippen molar-refractivity contribution in [3.05, 3.63) is 57.9 Å². The van der Waals surface area contributed by atoms with E-state index in [9.17, 15) is 5.11 Å². The number of hydrogen-bond donors (Lipinski definition) is 1. The zero-order valence-electron chi connectivity index (χ0n) is 12.8. The predicted octanol–water partition coefficient (Wildman–Crippen LogP) is 3.77. The molecule has 2 heterocycles. The van der Waals surface area contributed by atoms with Crippen molar-refractivity contribution in [2.75, 3.05) is 0 Å².